The fraction of sp³-hybridized carbons (Fsp3) is 0.810. The van der Waals surface area contributed by atoms with E-state index in [0.717, 1.165) is 50.7 Å². The maximum absolute atomic E-state index is 10.3. The van der Waals surface area contributed by atoms with Gasteiger partial charge < -0.3 is 9.84 Å². The molecule has 0 radical (unpaired) electrons. The van der Waals surface area contributed by atoms with Gasteiger partial charge in [0.25, 0.3) is 0 Å². The van der Waals surface area contributed by atoms with Gasteiger partial charge in [-0.1, -0.05) is 10.4 Å². The van der Waals surface area contributed by atoms with Crippen molar-refractivity contribution in [2.24, 2.45) is 24.8 Å². The number of rotatable bonds is 7. The van der Waals surface area contributed by atoms with Crippen LogP contribution in [0.5, 0.6) is 0 Å². The number of fused-ring (bicyclic) bond motifs is 1. The van der Waals surface area contributed by atoms with Gasteiger partial charge in [-0.15, -0.1) is 10.2 Å². The third kappa shape index (κ3) is 4.29. The molecule has 2 aromatic rings. The van der Waals surface area contributed by atoms with E-state index in [1.54, 1.807) is 18.5 Å². The first-order chi connectivity index (χ1) is 14.3. The standard InChI is InChI=1S/C21H33N7O2/c1-21(2,29)20-12-28(25-23-20)18-6-15-8-27(11-17-10-26(3)24-22-17)9-16(15)7-19(18)30-13-14-4-5-14/h10,12,14-16,18-19,29H,4-9,11,13H2,1-3H3/t15-,16+,18-,19-/m1/s1. The predicted molar refractivity (Wildman–Crippen MR) is 109 cm³/mol. The van der Waals surface area contributed by atoms with E-state index in [9.17, 15) is 5.11 Å². The van der Waals surface area contributed by atoms with Gasteiger partial charge in [0.2, 0.25) is 0 Å². The van der Waals surface area contributed by atoms with Gasteiger partial charge in [0.1, 0.15) is 11.3 Å². The lowest BCUT2D eigenvalue weighted by Crippen LogP contribution is -2.38. The first-order valence-electron chi connectivity index (χ1n) is 11.2. The normalized spacial score (nSPS) is 30.0. The fourth-order valence-corrected chi connectivity index (χ4v) is 5.03. The molecule has 164 valence electrons. The lowest BCUT2D eigenvalue weighted by Gasteiger charge is -2.37. The van der Waals surface area contributed by atoms with Gasteiger partial charge in [-0.3, -0.25) is 9.58 Å². The zero-order valence-corrected chi connectivity index (χ0v) is 18.2. The molecule has 1 saturated heterocycles. The second-order valence-electron chi connectivity index (χ2n) is 10.1. The Morgan fingerprint density at radius 3 is 2.50 bits per heavy atom. The molecule has 2 saturated carbocycles. The molecule has 0 amide bonds. The molecule has 0 spiro atoms. The Balaban J connectivity index is 1.30. The lowest BCUT2D eigenvalue weighted by atomic mass is 9.77. The minimum absolute atomic E-state index is 0.152. The summed E-state index contributed by atoms with van der Waals surface area (Å²) in [7, 11) is 1.91. The first kappa shape index (κ1) is 20.1. The highest BCUT2D eigenvalue weighted by Crippen LogP contribution is 2.43. The number of ether oxygens (including phenoxy) is 1. The van der Waals surface area contributed by atoms with Crippen molar-refractivity contribution in [2.75, 3.05) is 19.7 Å². The Bertz CT molecular complexity index is 869. The second-order valence-corrected chi connectivity index (χ2v) is 10.1. The van der Waals surface area contributed by atoms with Crippen LogP contribution in [0.3, 0.4) is 0 Å². The van der Waals surface area contributed by atoms with Gasteiger partial charge in [-0.25, -0.2) is 4.68 Å². The third-order valence-electron chi connectivity index (χ3n) is 6.92. The van der Waals surface area contributed by atoms with E-state index in [-0.39, 0.29) is 12.1 Å². The van der Waals surface area contributed by atoms with Crippen molar-refractivity contribution in [3.8, 4) is 0 Å². The van der Waals surface area contributed by atoms with Crippen molar-refractivity contribution in [3.63, 3.8) is 0 Å². The van der Waals surface area contributed by atoms with Crippen LogP contribution in [0.15, 0.2) is 12.4 Å². The summed E-state index contributed by atoms with van der Waals surface area (Å²) in [6, 6.07) is 0.171. The molecule has 9 heteroatoms. The number of nitrogens with zero attached hydrogens (tertiary/aromatic N) is 7. The molecule has 1 N–H and O–H groups in total. The molecule has 3 aliphatic rings. The van der Waals surface area contributed by atoms with E-state index in [1.807, 2.05) is 24.1 Å². The molecule has 5 rings (SSSR count). The third-order valence-corrected chi connectivity index (χ3v) is 6.92. The van der Waals surface area contributed by atoms with Gasteiger partial charge in [0.05, 0.1) is 24.0 Å². The van der Waals surface area contributed by atoms with E-state index in [0.29, 0.717) is 17.5 Å². The van der Waals surface area contributed by atoms with Crippen molar-refractivity contribution in [3.05, 3.63) is 23.8 Å². The van der Waals surface area contributed by atoms with E-state index in [1.165, 1.54) is 12.8 Å². The van der Waals surface area contributed by atoms with Crippen LogP contribution in [0.2, 0.25) is 0 Å². The Morgan fingerprint density at radius 1 is 1.10 bits per heavy atom. The predicted octanol–water partition coefficient (Wildman–Crippen LogP) is 1.51. The molecule has 0 unspecified atom stereocenters. The highest BCUT2D eigenvalue weighted by molar-refractivity contribution is 5.05. The van der Waals surface area contributed by atoms with Crippen LogP contribution in [0.25, 0.3) is 0 Å². The molecule has 1 aliphatic heterocycles. The molecule has 3 heterocycles. The van der Waals surface area contributed by atoms with Crippen LogP contribution in [0, 0.1) is 17.8 Å². The zero-order valence-electron chi connectivity index (χ0n) is 18.2. The largest absolute Gasteiger partial charge is 0.384 e. The Morgan fingerprint density at radius 2 is 1.87 bits per heavy atom. The number of aryl methyl sites for hydroxylation is 1. The summed E-state index contributed by atoms with van der Waals surface area (Å²) in [5.74, 6) is 1.99. The number of aliphatic hydroxyl groups is 1. The van der Waals surface area contributed by atoms with Crippen LogP contribution in [0.1, 0.15) is 57.0 Å². The van der Waals surface area contributed by atoms with E-state index >= 15 is 0 Å². The molecular formula is C21H33N7O2. The summed E-state index contributed by atoms with van der Waals surface area (Å²) < 4.78 is 10.2. The fourth-order valence-electron chi connectivity index (χ4n) is 5.03. The maximum Gasteiger partial charge on any atom is 0.114 e. The summed E-state index contributed by atoms with van der Waals surface area (Å²) in [5.41, 5.74) is 0.655. The molecule has 3 fully saturated rings. The maximum atomic E-state index is 10.3. The summed E-state index contributed by atoms with van der Waals surface area (Å²) >= 11 is 0. The summed E-state index contributed by atoms with van der Waals surface area (Å²) in [4.78, 5) is 2.50. The molecule has 9 nitrogen and oxygen atoms in total. The Hall–Kier alpha value is -1.84. The van der Waals surface area contributed by atoms with Crippen molar-refractivity contribution in [1.29, 1.82) is 0 Å². The number of aromatic nitrogens is 6. The number of hydrogen-bond donors (Lipinski definition) is 1. The quantitative estimate of drug-likeness (QED) is 0.732. The van der Waals surface area contributed by atoms with Crippen LogP contribution in [-0.4, -0.2) is 65.8 Å². The van der Waals surface area contributed by atoms with Crippen LogP contribution in [0.4, 0.5) is 0 Å². The minimum atomic E-state index is -0.985. The van der Waals surface area contributed by atoms with E-state index in [4.69, 9.17) is 4.74 Å². The molecule has 2 aromatic heterocycles. The van der Waals surface area contributed by atoms with E-state index in [2.05, 4.69) is 25.5 Å². The van der Waals surface area contributed by atoms with Gasteiger partial charge >= 0.3 is 0 Å². The molecular weight excluding hydrogens is 382 g/mol. The molecule has 0 bridgehead atoms. The Labute approximate surface area is 177 Å². The second kappa shape index (κ2) is 7.69. The number of hydrogen-bond acceptors (Lipinski definition) is 7. The zero-order chi connectivity index (χ0) is 20.9. The minimum Gasteiger partial charge on any atom is -0.384 e. The first-order valence-corrected chi connectivity index (χ1v) is 11.2. The highest BCUT2D eigenvalue weighted by atomic mass is 16.5. The topological polar surface area (TPSA) is 94.1 Å². The average Bonchev–Trinajstić information content (AvgIpc) is 3.04. The monoisotopic (exact) mass is 415 g/mol. The summed E-state index contributed by atoms with van der Waals surface area (Å²) in [6.07, 6.45) is 8.73. The van der Waals surface area contributed by atoms with Crippen LogP contribution in [-0.2, 0) is 23.9 Å². The highest BCUT2D eigenvalue weighted by Gasteiger charge is 2.44. The van der Waals surface area contributed by atoms with Crippen molar-refractivity contribution < 1.29 is 9.84 Å². The van der Waals surface area contributed by atoms with Gasteiger partial charge in [0.15, 0.2) is 0 Å². The average molecular weight is 416 g/mol. The van der Waals surface area contributed by atoms with Gasteiger partial charge in [-0.2, -0.15) is 0 Å². The van der Waals surface area contributed by atoms with Crippen molar-refractivity contribution >= 4 is 0 Å². The van der Waals surface area contributed by atoms with Crippen molar-refractivity contribution in [1.82, 2.24) is 34.9 Å². The van der Waals surface area contributed by atoms with Gasteiger partial charge in [-0.05, 0) is 57.3 Å². The van der Waals surface area contributed by atoms with Gasteiger partial charge in [0, 0.05) is 39.5 Å². The Kier molecular flexibility index (Phi) is 5.15. The van der Waals surface area contributed by atoms with E-state index < -0.39 is 5.60 Å². The lowest BCUT2D eigenvalue weighted by molar-refractivity contribution is -0.0376. The smallest absolute Gasteiger partial charge is 0.114 e. The molecule has 30 heavy (non-hydrogen) atoms. The summed E-state index contributed by atoms with van der Waals surface area (Å²) in [6.45, 7) is 7.37. The SMILES string of the molecule is Cn1cc(CN2C[C@H]3C[C@@H](n4cc(C(C)(C)O)nn4)[C@H](OCC4CC4)C[C@H]3C2)nn1. The summed E-state index contributed by atoms with van der Waals surface area (Å²) in [5, 5.41) is 27.3. The molecule has 4 atom stereocenters. The van der Waals surface area contributed by atoms with Crippen molar-refractivity contribution in [2.45, 2.75) is 63.8 Å². The van der Waals surface area contributed by atoms with Crippen LogP contribution < -0.4 is 0 Å². The molecule has 2 aliphatic carbocycles. The molecule has 0 aromatic carbocycles. The van der Waals surface area contributed by atoms with Crippen LogP contribution >= 0.6 is 0 Å². The number of likely N-dealkylation sites (tertiary alicyclic amines) is 1.